The van der Waals surface area contributed by atoms with Crippen molar-refractivity contribution in [2.45, 2.75) is 0 Å². The van der Waals surface area contributed by atoms with Crippen molar-refractivity contribution in [2.75, 3.05) is 14.2 Å². The molecule has 0 atom stereocenters. The van der Waals surface area contributed by atoms with E-state index < -0.39 is 0 Å². The van der Waals surface area contributed by atoms with E-state index in [2.05, 4.69) is 0 Å². The van der Waals surface area contributed by atoms with Gasteiger partial charge >= 0.3 is 0 Å². The van der Waals surface area contributed by atoms with Gasteiger partial charge in [-0.3, -0.25) is 9.59 Å². The van der Waals surface area contributed by atoms with Gasteiger partial charge in [0.15, 0.2) is 11.6 Å². The molecule has 0 unspecified atom stereocenters. The molecule has 4 rings (SSSR count). The molecular formula is C26H20O4. The van der Waals surface area contributed by atoms with Crippen molar-refractivity contribution in [2.24, 2.45) is 0 Å². The van der Waals surface area contributed by atoms with Gasteiger partial charge in [-0.2, -0.15) is 0 Å². The number of carbonyl (C=O) groups excluding carboxylic acids is 2. The van der Waals surface area contributed by atoms with Crippen LogP contribution in [0.5, 0.6) is 11.5 Å². The van der Waals surface area contributed by atoms with E-state index >= 15 is 0 Å². The Kier molecular flexibility index (Phi) is 5.31. The Morgan fingerprint density at radius 3 is 1.23 bits per heavy atom. The maximum atomic E-state index is 13.3. The number of ether oxygens (including phenoxy) is 2. The topological polar surface area (TPSA) is 52.6 Å². The van der Waals surface area contributed by atoms with E-state index in [0.717, 1.165) is 0 Å². The smallest absolute Gasteiger partial charge is 0.193 e. The second-order valence-corrected chi connectivity index (χ2v) is 6.77. The molecule has 0 amide bonds. The van der Waals surface area contributed by atoms with Gasteiger partial charge in [0.2, 0.25) is 0 Å². The average molecular weight is 396 g/mol. The van der Waals surface area contributed by atoms with Gasteiger partial charge in [0, 0.05) is 33.0 Å². The maximum absolute atomic E-state index is 13.3. The van der Waals surface area contributed by atoms with Crippen LogP contribution in [0.2, 0.25) is 0 Å². The highest BCUT2D eigenvalue weighted by molar-refractivity contribution is 6.24. The van der Waals surface area contributed by atoms with Gasteiger partial charge in [-0.25, -0.2) is 0 Å². The molecule has 148 valence electrons. The monoisotopic (exact) mass is 396 g/mol. The standard InChI is InChI=1S/C26H20O4/c1-29-21-15-13-20(26(28)18-11-7-4-8-12-18)24-22(30-2)16-14-19(23(21)24)25(27)17-9-5-3-6-10-17/h3-16H,1-2H3. The third kappa shape index (κ3) is 3.33. The largest absolute Gasteiger partial charge is 0.496 e. The van der Waals surface area contributed by atoms with E-state index in [1.165, 1.54) is 0 Å². The molecule has 4 aromatic carbocycles. The zero-order valence-electron chi connectivity index (χ0n) is 16.7. The molecule has 0 aliphatic heterocycles. The summed E-state index contributed by atoms with van der Waals surface area (Å²) >= 11 is 0. The minimum Gasteiger partial charge on any atom is -0.496 e. The molecule has 0 radical (unpaired) electrons. The van der Waals surface area contributed by atoms with Crippen molar-refractivity contribution in [3.63, 3.8) is 0 Å². The average Bonchev–Trinajstić information content (AvgIpc) is 2.82. The Labute approximate surface area is 174 Å². The van der Waals surface area contributed by atoms with Gasteiger partial charge in [-0.05, 0) is 24.3 Å². The molecule has 0 saturated carbocycles. The number of rotatable bonds is 6. The van der Waals surface area contributed by atoms with Crippen LogP contribution in [0.4, 0.5) is 0 Å². The summed E-state index contributed by atoms with van der Waals surface area (Å²) in [5, 5.41) is 1.12. The van der Waals surface area contributed by atoms with Crippen LogP contribution in [-0.4, -0.2) is 25.8 Å². The highest BCUT2D eigenvalue weighted by Crippen LogP contribution is 2.39. The molecule has 4 nitrogen and oxygen atoms in total. The minimum absolute atomic E-state index is 0.147. The number of carbonyl (C=O) groups is 2. The molecule has 0 aromatic heterocycles. The van der Waals surface area contributed by atoms with E-state index in [9.17, 15) is 9.59 Å². The van der Waals surface area contributed by atoms with Crippen LogP contribution in [0.1, 0.15) is 31.8 Å². The fourth-order valence-corrected chi connectivity index (χ4v) is 3.64. The molecule has 30 heavy (non-hydrogen) atoms. The van der Waals surface area contributed by atoms with Crippen LogP contribution in [-0.2, 0) is 0 Å². The zero-order chi connectivity index (χ0) is 21.1. The van der Waals surface area contributed by atoms with Gasteiger partial charge < -0.3 is 9.47 Å². The Hall–Kier alpha value is -3.92. The maximum Gasteiger partial charge on any atom is 0.193 e. The summed E-state index contributed by atoms with van der Waals surface area (Å²) in [6, 6.07) is 25.0. The van der Waals surface area contributed by atoms with Gasteiger partial charge in [0.1, 0.15) is 11.5 Å². The van der Waals surface area contributed by atoms with E-state index in [-0.39, 0.29) is 11.6 Å². The van der Waals surface area contributed by atoms with Crippen molar-refractivity contribution in [3.05, 3.63) is 107 Å². The lowest BCUT2D eigenvalue weighted by Crippen LogP contribution is -2.07. The first-order chi connectivity index (χ1) is 14.7. The lowest BCUT2D eigenvalue weighted by molar-refractivity contribution is 0.103. The highest BCUT2D eigenvalue weighted by atomic mass is 16.5. The Morgan fingerprint density at radius 2 is 0.900 bits per heavy atom. The molecule has 0 bridgehead atoms. The number of fused-ring (bicyclic) bond motifs is 1. The fraction of sp³-hybridized carbons (Fsp3) is 0.0769. The van der Waals surface area contributed by atoms with Crippen LogP contribution < -0.4 is 9.47 Å². The van der Waals surface area contributed by atoms with Gasteiger partial charge in [0.05, 0.1) is 14.2 Å². The SMILES string of the molecule is COc1ccc(C(=O)c2ccccc2)c2c(OC)ccc(C(=O)c3ccccc3)c12. The molecule has 0 N–H and O–H groups in total. The van der Waals surface area contributed by atoms with E-state index in [1.807, 2.05) is 36.4 Å². The van der Waals surface area contributed by atoms with Crippen molar-refractivity contribution >= 4 is 22.3 Å². The number of ketones is 2. The van der Waals surface area contributed by atoms with Crippen LogP contribution in [0, 0.1) is 0 Å². The first-order valence-electron chi connectivity index (χ1n) is 9.53. The summed E-state index contributed by atoms with van der Waals surface area (Å²) in [4.78, 5) is 26.6. The Bertz CT molecular complexity index is 1130. The summed E-state index contributed by atoms with van der Waals surface area (Å²) in [5.41, 5.74) is 2.03. The first kappa shape index (κ1) is 19.4. The van der Waals surface area contributed by atoms with Crippen LogP contribution >= 0.6 is 0 Å². The number of benzene rings is 4. The summed E-state index contributed by atoms with van der Waals surface area (Å²) < 4.78 is 11.2. The molecule has 0 fully saturated rings. The molecule has 0 saturated heterocycles. The lowest BCUT2D eigenvalue weighted by Gasteiger charge is -2.16. The van der Waals surface area contributed by atoms with Crippen LogP contribution in [0.15, 0.2) is 84.9 Å². The fourth-order valence-electron chi connectivity index (χ4n) is 3.64. The van der Waals surface area contributed by atoms with Crippen molar-refractivity contribution < 1.29 is 19.1 Å². The van der Waals surface area contributed by atoms with E-state index in [0.29, 0.717) is 44.5 Å². The molecular weight excluding hydrogens is 376 g/mol. The van der Waals surface area contributed by atoms with E-state index in [1.54, 1.807) is 62.8 Å². The molecule has 0 spiro atoms. The third-order valence-corrected chi connectivity index (χ3v) is 5.09. The quantitative estimate of drug-likeness (QED) is 0.414. The van der Waals surface area contributed by atoms with Gasteiger partial charge in [0.25, 0.3) is 0 Å². The van der Waals surface area contributed by atoms with Gasteiger partial charge in [-0.15, -0.1) is 0 Å². The summed E-state index contributed by atoms with van der Waals surface area (Å²) in [6.45, 7) is 0. The van der Waals surface area contributed by atoms with Crippen LogP contribution in [0.3, 0.4) is 0 Å². The van der Waals surface area contributed by atoms with Crippen LogP contribution in [0.25, 0.3) is 10.8 Å². The molecule has 0 heterocycles. The second kappa shape index (κ2) is 8.21. The zero-order valence-corrected chi connectivity index (χ0v) is 16.7. The highest BCUT2D eigenvalue weighted by Gasteiger charge is 2.23. The third-order valence-electron chi connectivity index (χ3n) is 5.09. The number of hydrogen-bond acceptors (Lipinski definition) is 4. The number of hydrogen-bond donors (Lipinski definition) is 0. The second-order valence-electron chi connectivity index (χ2n) is 6.77. The molecule has 4 aromatic rings. The van der Waals surface area contributed by atoms with Crippen molar-refractivity contribution in [1.29, 1.82) is 0 Å². The predicted molar refractivity (Wildman–Crippen MR) is 117 cm³/mol. The number of methoxy groups -OCH3 is 2. The normalized spacial score (nSPS) is 10.6. The van der Waals surface area contributed by atoms with E-state index in [4.69, 9.17) is 9.47 Å². The summed E-state index contributed by atoms with van der Waals surface area (Å²) in [7, 11) is 3.09. The lowest BCUT2D eigenvalue weighted by atomic mass is 9.91. The summed E-state index contributed by atoms with van der Waals surface area (Å²) in [6.07, 6.45) is 0. The Balaban J connectivity index is 2.02. The van der Waals surface area contributed by atoms with Crippen molar-refractivity contribution in [3.8, 4) is 11.5 Å². The molecule has 4 heteroatoms. The minimum atomic E-state index is -0.147. The predicted octanol–water partition coefficient (Wildman–Crippen LogP) is 5.32. The Morgan fingerprint density at radius 1 is 0.533 bits per heavy atom. The first-order valence-corrected chi connectivity index (χ1v) is 9.53. The van der Waals surface area contributed by atoms with Gasteiger partial charge in [-0.1, -0.05) is 60.7 Å². The van der Waals surface area contributed by atoms with Crippen molar-refractivity contribution in [1.82, 2.24) is 0 Å². The summed E-state index contributed by atoms with van der Waals surface area (Å²) in [5.74, 6) is 0.720. The molecule has 0 aliphatic carbocycles. The molecule has 0 aliphatic rings.